The first kappa shape index (κ1) is 21.3. The predicted molar refractivity (Wildman–Crippen MR) is 122 cm³/mol. The van der Waals surface area contributed by atoms with Crippen molar-refractivity contribution in [3.05, 3.63) is 42.2 Å². The number of pyridine rings is 1. The lowest BCUT2D eigenvalue weighted by Crippen LogP contribution is -2.38. The molecule has 2 aromatic heterocycles. The van der Waals surface area contributed by atoms with Gasteiger partial charge in [0.1, 0.15) is 17.6 Å². The summed E-state index contributed by atoms with van der Waals surface area (Å²) in [4.78, 5) is 39.5. The molecule has 5 rings (SSSR count). The van der Waals surface area contributed by atoms with Gasteiger partial charge in [-0.25, -0.2) is 15.0 Å². The van der Waals surface area contributed by atoms with Crippen molar-refractivity contribution in [2.45, 2.75) is 25.3 Å². The molecule has 1 atom stereocenters. The molecule has 2 saturated heterocycles. The Morgan fingerprint density at radius 1 is 1.15 bits per heavy atom. The highest BCUT2D eigenvalue weighted by Gasteiger charge is 2.32. The van der Waals surface area contributed by atoms with Crippen LogP contribution < -0.4 is 5.32 Å². The molecular formula is C24H25N5O4. The molecule has 0 bridgehead atoms. The van der Waals surface area contributed by atoms with Crippen LogP contribution in [0.3, 0.4) is 0 Å². The van der Waals surface area contributed by atoms with Crippen LogP contribution in [-0.2, 0) is 9.53 Å². The summed E-state index contributed by atoms with van der Waals surface area (Å²) in [6, 6.07) is 8.55. The highest BCUT2D eigenvalue weighted by atomic mass is 16.5. The van der Waals surface area contributed by atoms with E-state index in [4.69, 9.17) is 9.72 Å². The summed E-state index contributed by atoms with van der Waals surface area (Å²) in [6.07, 6.45) is 4.53. The monoisotopic (exact) mass is 447 g/mol. The molecule has 9 heteroatoms. The van der Waals surface area contributed by atoms with Gasteiger partial charge in [-0.3, -0.25) is 9.59 Å². The van der Waals surface area contributed by atoms with Crippen LogP contribution in [0.4, 0.5) is 5.82 Å². The Hall–Kier alpha value is -3.59. The Kier molecular flexibility index (Phi) is 5.87. The molecule has 0 radical (unpaired) electrons. The van der Waals surface area contributed by atoms with Crippen LogP contribution in [0.1, 0.15) is 29.6 Å². The number of aromatic hydroxyl groups is 1. The Morgan fingerprint density at radius 3 is 2.82 bits per heavy atom. The summed E-state index contributed by atoms with van der Waals surface area (Å²) in [5.74, 6) is 0.819. The molecule has 2 fully saturated rings. The molecular weight excluding hydrogens is 422 g/mol. The first-order valence-electron chi connectivity index (χ1n) is 11.2. The van der Waals surface area contributed by atoms with Gasteiger partial charge in [-0.1, -0.05) is 0 Å². The van der Waals surface area contributed by atoms with Gasteiger partial charge < -0.3 is 20.1 Å². The van der Waals surface area contributed by atoms with Gasteiger partial charge in [-0.05, 0) is 49.6 Å². The van der Waals surface area contributed by atoms with Gasteiger partial charge in [-0.15, -0.1) is 0 Å². The second-order valence-electron chi connectivity index (χ2n) is 8.48. The third-order valence-corrected chi connectivity index (χ3v) is 6.34. The fourth-order valence-electron chi connectivity index (χ4n) is 4.49. The van der Waals surface area contributed by atoms with E-state index in [0.717, 1.165) is 25.8 Å². The minimum Gasteiger partial charge on any atom is -0.507 e. The number of amides is 1. The van der Waals surface area contributed by atoms with Crippen molar-refractivity contribution < 1.29 is 19.4 Å². The van der Waals surface area contributed by atoms with Crippen LogP contribution in [0.2, 0.25) is 0 Å². The van der Waals surface area contributed by atoms with E-state index >= 15 is 0 Å². The van der Waals surface area contributed by atoms with Gasteiger partial charge in [-0.2, -0.15) is 0 Å². The minimum atomic E-state index is -0.0682. The zero-order valence-corrected chi connectivity index (χ0v) is 18.1. The van der Waals surface area contributed by atoms with Gasteiger partial charge in [0.2, 0.25) is 5.91 Å². The van der Waals surface area contributed by atoms with E-state index in [1.807, 2.05) is 17.0 Å². The number of phenols is 1. The quantitative estimate of drug-likeness (QED) is 0.573. The van der Waals surface area contributed by atoms with E-state index in [2.05, 4.69) is 15.3 Å². The molecule has 0 saturated carbocycles. The van der Waals surface area contributed by atoms with Crippen molar-refractivity contribution in [3.8, 4) is 17.0 Å². The summed E-state index contributed by atoms with van der Waals surface area (Å²) in [5, 5.41) is 13.2. The number of nitrogens with one attached hydrogen (secondary N) is 1. The number of carbonyl (C=O) groups excluding carboxylic acids is 2. The normalized spacial score (nSPS) is 19.0. The number of hydrogen-bond acceptors (Lipinski definition) is 8. The Balaban J connectivity index is 1.36. The topological polar surface area (TPSA) is 118 Å². The number of ether oxygens (including phenoxy) is 1. The second-order valence-corrected chi connectivity index (χ2v) is 8.48. The number of aldehydes is 1. The summed E-state index contributed by atoms with van der Waals surface area (Å²) < 4.78 is 5.38. The number of benzene rings is 1. The van der Waals surface area contributed by atoms with Crippen molar-refractivity contribution >= 4 is 29.0 Å². The smallest absolute Gasteiger partial charge is 0.225 e. The molecule has 4 heterocycles. The minimum absolute atomic E-state index is 0.0585. The number of anilines is 1. The summed E-state index contributed by atoms with van der Waals surface area (Å²) >= 11 is 0. The SMILES string of the molecule is O=Cc1cc(-c2ccc3ncnc(N[C@H]4CCN(C(=O)C5CCOCC5)C4)c3n2)ccc1O. The van der Waals surface area contributed by atoms with Crippen LogP contribution in [0.5, 0.6) is 5.75 Å². The largest absolute Gasteiger partial charge is 0.507 e. The van der Waals surface area contributed by atoms with Gasteiger partial charge >= 0.3 is 0 Å². The van der Waals surface area contributed by atoms with E-state index in [1.54, 1.807) is 12.1 Å². The molecule has 1 aromatic carbocycles. The molecule has 0 aliphatic carbocycles. The lowest BCUT2D eigenvalue weighted by atomic mass is 9.99. The number of phenolic OH excluding ortho intramolecular Hbond substituents is 1. The molecule has 33 heavy (non-hydrogen) atoms. The van der Waals surface area contributed by atoms with E-state index in [9.17, 15) is 14.7 Å². The average molecular weight is 447 g/mol. The number of hydrogen-bond donors (Lipinski definition) is 2. The lowest BCUT2D eigenvalue weighted by molar-refractivity contribution is -0.137. The van der Waals surface area contributed by atoms with Crippen LogP contribution in [0, 0.1) is 5.92 Å². The zero-order chi connectivity index (χ0) is 22.8. The number of fused-ring (bicyclic) bond motifs is 1. The molecule has 1 amide bonds. The summed E-state index contributed by atoms with van der Waals surface area (Å²) in [7, 11) is 0. The van der Waals surface area contributed by atoms with Gasteiger partial charge in [0.15, 0.2) is 12.1 Å². The number of aromatic nitrogens is 3. The van der Waals surface area contributed by atoms with Crippen LogP contribution in [0.15, 0.2) is 36.7 Å². The molecule has 2 aliphatic heterocycles. The third-order valence-electron chi connectivity index (χ3n) is 6.34. The van der Waals surface area contributed by atoms with Crippen molar-refractivity contribution in [2.24, 2.45) is 5.92 Å². The maximum absolute atomic E-state index is 12.9. The van der Waals surface area contributed by atoms with E-state index in [-0.39, 0.29) is 29.2 Å². The predicted octanol–water partition coefficient (Wildman–Crippen LogP) is 2.65. The molecule has 3 aromatic rings. The second kappa shape index (κ2) is 9.11. The highest BCUT2D eigenvalue weighted by molar-refractivity contribution is 5.88. The maximum atomic E-state index is 12.9. The van der Waals surface area contributed by atoms with Crippen LogP contribution in [0.25, 0.3) is 22.3 Å². The Morgan fingerprint density at radius 2 is 2.00 bits per heavy atom. The van der Waals surface area contributed by atoms with Crippen molar-refractivity contribution in [1.82, 2.24) is 19.9 Å². The highest BCUT2D eigenvalue weighted by Crippen LogP contribution is 2.28. The van der Waals surface area contributed by atoms with E-state index in [0.29, 0.717) is 54.2 Å². The van der Waals surface area contributed by atoms with Crippen LogP contribution in [-0.4, -0.2) is 69.5 Å². The molecule has 170 valence electrons. The number of rotatable bonds is 5. The number of nitrogens with zero attached hydrogens (tertiary/aromatic N) is 4. The zero-order valence-electron chi connectivity index (χ0n) is 18.1. The average Bonchev–Trinajstić information content (AvgIpc) is 3.33. The Bertz CT molecular complexity index is 1190. The Labute approximate surface area is 190 Å². The van der Waals surface area contributed by atoms with Crippen molar-refractivity contribution in [2.75, 3.05) is 31.6 Å². The van der Waals surface area contributed by atoms with Gasteiger partial charge in [0.25, 0.3) is 0 Å². The number of carbonyl (C=O) groups is 2. The maximum Gasteiger partial charge on any atom is 0.225 e. The molecule has 9 nitrogen and oxygen atoms in total. The van der Waals surface area contributed by atoms with Crippen molar-refractivity contribution in [3.63, 3.8) is 0 Å². The summed E-state index contributed by atoms with van der Waals surface area (Å²) in [6.45, 7) is 2.66. The molecule has 2 N–H and O–H groups in total. The standard InChI is InChI=1S/C24H25N5O4/c30-13-17-11-16(1-4-21(17)31)19-2-3-20-22(28-19)23(26-14-25-20)27-18-5-8-29(12-18)24(32)15-6-9-33-10-7-15/h1-4,11,13-15,18,31H,5-10,12H2,(H,25,26,27)/t18-/m0/s1. The molecule has 0 unspecified atom stereocenters. The van der Waals surface area contributed by atoms with Crippen LogP contribution >= 0.6 is 0 Å². The molecule has 2 aliphatic rings. The molecule has 0 spiro atoms. The van der Waals surface area contributed by atoms with E-state index in [1.165, 1.54) is 12.4 Å². The first-order chi connectivity index (χ1) is 16.1. The lowest BCUT2D eigenvalue weighted by Gasteiger charge is -2.26. The first-order valence-corrected chi connectivity index (χ1v) is 11.2. The van der Waals surface area contributed by atoms with Crippen molar-refractivity contribution in [1.29, 1.82) is 0 Å². The third kappa shape index (κ3) is 4.36. The fourth-order valence-corrected chi connectivity index (χ4v) is 4.49. The van der Waals surface area contributed by atoms with Gasteiger partial charge in [0.05, 0.1) is 16.8 Å². The summed E-state index contributed by atoms with van der Waals surface area (Å²) in [5.41, 5.74) is 2.87. The number of likely N-dealkylation sites (tertiary alicyclic amines) is 1. The van der Waals surface area contributed by atoms with E-state index < -0.39 is 0 Å². The fraction of sp³-hybridized carbons (Fsp3) is 0.375. The van der Waals surface area contributed by atoms with Gasteiger partial charge in [0, 0.05) is 43.8 Å².